The van der Waals surface area contributed by atoms with Gasteiger partial charge in [0.05, 0.1) is 7.11 Å². The molecule has 5 heteroatoms. The first-order valence-corrected chi connectivity index (χ1v) is 12.8. The van der Waals surface area contributed by atoms with Gasteiger partial charge >= 0.3 is 0 Å². The van der Waals surface area contributed by atoms with E-state index in [9.17, 15) is 4.79 Å². The number of benzene rings is 1. The smallest absolute Gasteiger partial charge is 0.270 e. The Labute approximate surface area is 199 Å². The van der Waals surface area contributed by atoms with Crippen LogP contribution >= 0.6 is 0 Å². The minimum Gasteiger partial charge on any atom is -0.497 e. The number of hydrogen-bond donors (Lipinski definition) is 1. The third-order valence-corrected chi connectivity index (χ3v) is 8.28. The molecular weight excluding hydrogens is 410 g/mol. The van der Waals surface area contributed by atoms with Gasteiger partial charge in [-0.05, 0) is 94.3 Å². The second kappa shape index (κ2) is 9.92. The Morgan fingerprint density at radius 3 is 2.76 bits per heavy atom. The van der Waals surface area contributed by atoms with Crippen LogP contribution in [0.5, 0.6) is 5.75 Å². The summed E-state index contributed by atoms with van der Waals surface area (Å²) in [5.74, 6) is 1.60. The number of likely N-dealkylation sites (tertiary alicyclic amines) is 1. The van der Waals surface area contributed by atoms with Crippen molar-refractivity contribution >= 4 is 5.91 Å². The highest BCUT2D eigenvalue weighted by molar-refractivity contribution is 5.94. The monoisotopic (exact) mass is 451 g/mol. The van der Waals surface area contributed by atoms with Crippen molar-refractivity contribution in [2.75, 3.05) is 39.8 Å². The Morgan fingerprint density at radius 1 is 1.27 bits per heavy atom. The van der Waals surface area contributed by atoms with Gasteiger partial charge in [-0.3, -0.25) is 4.79 Å². The quantitative estimate of drug-likeness (QED) is 0.616. The van der Waals surface area contributed by atoms with Crippen LogP contribution in [0.25, 0.3) is 0 Å². The van der Waals surface area contributed by atoms with Crippen LogP contribution in [-0.2, 0) is 18.3 Å². The molecule has 2 aromatic rings. The van der Waals surface area contributed by atoms with Crippen LogP contribution in [0.3, 0.4) is 0 Å². The van der Waals surface area contributed by atoms with Gasteiger partial charge in [0.25, 0.3) is 5.91 Å². The maximum absolute atomic E-state index is 13.2. The Bertz CT molecular complexity index is 978. The van der Waals surface area contributed by atoms with Crippen molar-refractivity contribution in [1.29, 1.82) is 0 Å². The fourth-order valence-corrected chi connectivity index (χ4v) is 6.20. The van der Waals surface area contributed by atoms with Crippen molar-refractivity contribution in [2.24, 2.45) is 5.92 Å². The minimum atomic E-state index is 0.0804. The van der Waals surface area contributed by atoms with E-state index in [1.54, 1.807) is 7.11 Å². The highest BCUT2D eigenvalue weighted by Crippen LogP contribution is 2.49. The zero-order chi connectivity index (χ0) is 23.6. The van der Waals surface area contributed by atoms with E-state index in [1.807, 2.05) is 11.0 Å². The zero-order valence-corrected chi connectivity index (χ0v) is 21.2. The molecule has 1 fully saturated rings. The van der Waals surface area contributed by atoms with Crippen molar-refractivity contribution in [3.05, 3.63) is 52.3 Å². The molecule has 1 aliphatic carbocycles. The fraction of sp³-hybridized carbons (Fsp3) is 0.607. The van der Waals surface area contributed by atoms with E-state index in [1.165, 1.54) is 36.2 Å². The van der Waals surface area contributed by atoms with Crippen LogP contribution in [0.1, 0.15) is 72.9 Å². The topological polar surface area (TPSA) is 48.6 Å². The molecule has 5 nitrogen and oxygen atoms in total. The van der Waals surface area contributed by atoms with E-state index in [4.69, 9.17) is 4.74 Å². The molecular formula is C28H41N3O2. The third-order valence-electron chi connectivity index (χ3n) is 8.28. The van der Waals surface area contributed by atoms with Gasteiger partial charge in [0.1, 0.15) is 11.4 Å². The molecule has 0 saturated carbocycles. The highest BCUT2D eigenvalue weighted by atomic mass is 16.5. The largest absolute Gasteiger partial charge is 0.497 e. The fourth-order valence-electron chi connectivity index (χ4n) is 6.20. The molecule has 2 unspecified atom stereocenters. The molecule has 1 aliphatic heterocycles. The summed E-state index contributed by atoms with van der Waals surface area (Å²) in [6, 6.07) is 8.71. The molecule has 180 valence electrons. The number of carbonyl (C=O) groups excluding carboxylic acids is 1. The number of nitrogens with one attached hydrogen (secondary N) is 1. The number of piperidine rings is 1. The van der Waals surface area contributed by atoms with E-state index in [0.717, 1.165) is 62.4 Å². The number of methoxy groups -OCH3 is 1. The predicted molar refractivity (Wildman–Crippen MR) is 134 cm³/mol. The van der Waals surface area contributed by atoms with E-state index in [2.05, 4.69) is 55.8 Å². The number of amides is 1. The number of unbranched alkanes of at least 4 members (excludes halogenated alkanes) is 1. The summed E-state index contributed by atoms with van der Waals surface area (Å²) in [5, 5.41) is 0. The number of aromatic amines is 1. The van der Waals surface area contributed by atoms with E-state index in [-0.39, 0.29) is 11.3 Å². The summed E-state index contributed by atoms with van der Waals surface area (Å²) in [4.78, 5) is 21.4. The van der Waals surface area contributed by atoms with Gasteiger partial charge in [0.2, 0.25) is 0 Å². The number of carbonyl (C=O) groups is 1. The number of ether oxygens (including phenoxy) is 1. The molecule has 0 bridgehead atoms. The summed E-state index contributed by atoms with van der Waals surface area (Å²) in [6.45, 7) is 13.4. The van der Waals surface area contributed by atoms with Crippen molar-refractivity contribution in [3.63, 3.8) is 0 Å². The average molecular weight is 452 g/mol. The first-order chi connectivity index (χ1) is 16.0. The Hall–Kier alpha value is -2.27. The summed E-state index contributed by atoms with van der Waals surface area (Å²) in [6.07, 6.45) is 5.64. The maximum atomic E-state index is 13.2. The average Bonchev–Trinajstić information content (AvgIpc) is 3.16. The van der Waals surface area contributed by atoms with Crippen LogP contribution in [0.15, 0.2) is 24.3 Å². The minimum absolute atomic E-state index is 0.0804. The van der Waals surface area contributed by atoms with Crippen LogP contribution in [0.4, 0.5) is 0 Å². The van der Waals surface area contributed by atoms with Gasteiger partial charge in [-0.1, -0.05) is 25.5 Å². The Morgan fingerprint density at radius 2 is 2.06 bits per heavy atom. The number of nitrogens with zero attached hydrogens (tertiary/aromatic N) is 2. The SMILES string of the molecule is CCCCN1CCC2(c3cccc(OC)c3)Cc3[nH]c(C(=O)N(CC)CC)c(C)c3CC2C1. The normalized spacial score (nSPS) is 22.5. The van der Waals surface area contributed by atoms with E-state index >= 15 is 0 Å². The van der Waals surface area contributed by atoms with Crippen LogP contribution < -0.4 is 4.74 Å². The summed E-state index contributed by atoms with van der Waals surface area (Å²) >= 11 is 0. The second-order valence-electron chi connectivity index (χ2n) is 9.93. The lowest BCUT2D eigenvalue weighted by atomic mass is 9.58. The van der Waals surface area contributed by atoms with E-state index in [0.29, 0.717) is 5.92 Å². The van der Waals surface area contributed by atoms with Crippen molar-refractivity contribution in [2.45, 2.75) is 65.2 Å². The molecule has 4 rings (SSSR count). The molecule has 1 aromatic carbocycles. The molecule has 2 aliphatic rings. The summed E-state index contributed by atoms with van der Waals surface area (Å²) in [5.41, 5.74) is 6.07. The second-order valence-corrected chi connectivity index (χ2v) is 9.93. The van der Waals surface area contributed by atoms with Crippen LogP contribution in [-0.4, -0.2) is 60.5 Å². The molecule has 0 radical (unpaired) electrons. The van der Waals surface area contributed by atoms with Crippen molar-refractivity contribution in [1.82, 2.24) is 14.8 Å². The molecule has 1 amide bonds. The molecule has 0 spiro atoms. The van der Waals surface area contributed by atoms with Gasteiger partial charge < -0.3 is 19.5 Å². The number of aromatic nitrogens is 1. The third kappa shape index (κ3) is 4.32. The van der Waals surface area contributed by atoms with Crippen LogP contribution in [0.2, 0.25) is 0 Å². The Balaban J connectivity index is 1.74. The Kier molecular flexibility index (Phi) is 7.18. The van der Waals surface area contributed by atoms with Gasteiger partial charge in [-0.15, -0.1) is 0 Å². The van der Waals surface area contributed by atoms with Crippen molar-refractivity contribution < 1.29 is 9.53 Å². The predicted octanol–water partition coefficient (Wildman–Crippen LogP) is 4.97. The standard InChI is InChI=1S/C28H41N3O2/c1-6-9-14-30-15-13-28(21-11-10-12-23(16-21)33-5)18-25-24(17-22(28)19-30)20(4)26(29-25)27(32)31(7-2)8-3/h10-12,16,22,29H,6-9,13-15,17-19H2,1-5H3. The number of fused-ring (bicyclic) bond motifs is 2. The lowest BCUT2D eigenvalue weighted by Crippen LogP contribution is -2.53. The van der Waals surface area contributed by atoms with Gasteiger partial charge in [0.15, 0.2) is 0 Å². The van der Waals surface area contributed by atoms with E-state index < -0.39 is 0 Å². The first kappa shape index (κ1) is 23.9. The molecule has 33 heavy (non-hydrogen) atoms. The zero-order valence-electron chi connectivity index (χ0n) is 21.2. The molecule has 1 aromatic heterocycles. The van der Waals surface area contributed by atoms with Gasteiger partial charge in [-0.25, -0.2) is 0 Å². The summed E-state index contributed by atoms with van der Waals surface area (Å²) < 4.78 is 5.60. The molecule has 2 heterocycles. The number of rotatable bonds is 8. The van der Waals surface area contributed by atoms with Crippen LogP contribution in [0, 0.1) is 12.8 Å². The van der Waals surface area contributed by atoms with Gasteiger partial charge in [0, 0.05) is 30.7 Å². The first-order valence-electron chi connectivity index (χ1n) is 12.8. The maximum Gasteiger partial charge on any atom is 0.270 e. The molecule has 1 N–H and O–H groups in total. The number of hydrogen-bond acceptors (Lipinski definition) is 3. The summed E-state index contributed by atoms with van der Waals surface area (Å²) in [7, 11) is 1.75. The molecule has 2 atom stereocenters. The lowest BCUT2D eigenvalue weighted by molar-refractivity contribution is 0.0765. The number of H-pyrrole nitrogens is 1. The lowest BCUT2D eigenvalue weighted by Gasteiger charge is -2.51. The molecule has 1 saturated heterocycles. The van der Waals surface area contributed by atoms with Crippen molar-refractivity contribution in [3.8, 4) is 5.75 Å². The highest BCUT2D eigenvalue weighted by Gasteiger charge is 2.48. The van der Waals surface area contributed by atoms with Gasteiger partial charge in [-0.2, -0.15) is 0 Å².